The van der Waals surface area contributed by atoms with Gasteiger partial charge in [0, 0.05) is 36.3 Å². The van der Waals surface area contributed by atoms with Crippen molar-refractivity contribution in [3.63, 3.8) is 0 Å². The molecule has 1 atom stereocenters. The molecule has 0 spiro atoms. The molecule has 1 aliphatic rings. The highest BCUT2D eigenvalue weighted by atomic mass is 35.5. The number of halogens is 2. The molecule has 1 heterocycles. The molecule has 1 saturated heterocycles. The minimum atomic E-state index is -0.255. The summed E-state index contributed by atoms with van der Waals surface area (Å²) in [5.41, 5.74) is 6.36. The first-order valence-electron chi connectivity index (χ1n) is 6.17. The largest absolute Gasteiger partial charge is 0.379 e. The molecule has 0 bridgehead atoms. The van der Waals surface area contributed by atoms with Crippen LogP contribution < -0.4 is 5.73 Å². The molecule has 1 unspecified atom stereocenters. The van der Waals surface area contributed by atoms with Crippen molar-refractivity contribution < 1.29 is 9.13 Å². The summed E-state index contributed by atoms with van der Waals surface area (Å²) in [5, 5.41) is 0.474. The molecule has 100 valence electrons. The number of hydrogen-bond acceptors (Lipinski definition) is 3. The van der Waals surface area contributed by atoms with Crippen LogP contribution in [0.3, 0.4) is 0 Å². The van der Waals surface area contributed by atoms with Gasteiger partial charge in [0.25, 0.3) is 0 Å². The fraction of sp³-hybridized carbons (Fsp3) is 0.538. The fourth-order valence-corrected chi connectivity index (χ4v) is 2.51. The quantitative estimate of drug-likeness (QED) is 0.906. The second kappa shape index (κ2) is 6.48. The Labute approximate surface area is 112 Å². The first kappa shape index (κ1) is 13.7. The lowest BCUT2D eigenvalue weighted by Crippen LogP contribution is -2.48. The van der Waals surface area contributed by atoms with E-state index in [-0.39, 0.29) is 11.9 Å². The Hall–Kier alpha value is -0.680. The third kappa shape index (κ3) is 3.20. The highest BCUT2D eigenvalue weighted by Crippen LogP contribution is 2.22. The van der Waals surface area contributed by atoms with Crippen LogP contribution in [0.5, 0.6) is 0 Å². The summed E-state index contributed by atoms with van der Waals surface area (Å²) in [6.45, 7) is 3.59. The van der Waals surface area contributed by atoms with Crippen molar-refractivity contribution in [2.75, 3.05) is 32.8 Å². The number of morpholine rings is 1. The Bertz CT molecular complexity index is 376. The Kier molecular flexibility index (Phi) is 4.95. The average molecular weight is 273 g/mol. The third-order valence-corrected chi connectivity index (χ3v) is 3.69. The van der Waals surface area contributed by atoms with Gasteiger partial charge >= 0.3 is 0 Å². The van der Waals surface area contributed by atoms with Crippen LogP contribution in [0, 0.1) is 5.82 Å². The van der Waals surface area contributed by atoms with E-state index in [9.17, 15) is 4.39 Å². The molecule has 1 aromatic rings. The molecule has 0 aliphatic carbocycles. The van der Waals surface area contributed by atoms with E-state index in [0.29, 0.717) is 36.8 Å². The number of nitrogens with two attached hydrogens (primary N) is 1. The Morgan fingerprint density at radius 2 is 2.11 bits per heavy atom. The molecule has 0 amide bonds. The number of benzene rings is 1. The van der Waals surface area contributed by atoms with Crippen molar-refractivity contribution >= 4 is 11.6 Å². The van der Waals surface area contributed by atoms with Crippen LogP contribution in [0.2, 0.25) is 5.02 Å². The summed E-state index contributed by atoms with van der Waals surface area (Å²) >= 11 is 6.05. The molecule has 2 rings (SSSR count). The first-order valence-corrected chi connectivity index (χ1v) is 6.55. The smallest absolute Gasteiger partial charge is 0.127 e. The Morgan fingerprint density at radius 1 is 1.39 bits per heavy atom. The highest BCUT2D eigenvalue weighted by Gasteiger charge is 2.22. The summed E-state index contributed by atoms with van der Waals surface area (Å²) in [6.07, 6.45) is 0.544. The van der Waals surface area contributed by atoms with Crippen LogP contribution in [-0.4, -0.2) is 43.8 Å². The van der Waals surface area contributed by atoms with E-state index in [1.165, 1.54) is 6.07 Å². The SMILES string of the molecule is NCC(Cc1c(F)cccc1Cl)N1CCOCC1. The molecule has 0 radical (unpaired) electrons. The summed E-state index contributed by atoms with van der Waals surface area (Å²) in [4.78, 5) is 2.24. The lowest BCUT2D eigenvalue weighted by atomic mass is 10.0. The standard InChI is InChI=1S/C13H18ClFN2O/c14-12-2-1-3-13(15)11(12)8-10(9-16)17-4-6-18-7-5-17/h1-3,10H,4-9,16H2. The van der Waals surface area contributed by atoms with Crippen molar-refractivity contribution in [2.45, 2.75) is 12.5 Å². The normalized spacial score (nSPS) is 18.8. The molecule has 0 saturated carbocycles. The molecule has 3 nitrogen and oxygen atoms in total. The molecule has 2 N–H and O–H groups in total. The first-order chi connectivity index (χ1) is 8.72. The maximum atomic E-state index is 13.7. The summed E-state index contributed by atoms with van der Waals surface area (Å²) in [7, 11) is 0. The summed E-state index contributed by atoms with van der Waals surface area (Å²) < 4.78 is 19.1. The van der Waals surface area contributed by atoms with Gasteiger partial charge in [0.1, 0.15) is 5.82 Å². The van der Waals surface area contributed by atoms with Crippen LogP contribution in [-0.2, 0) is 11.2 Å². The van der Waals surface area contributed by atoms with Gasteiger partial charge in [-0.3, -0.25) is 4.90 Å². The van der Waals surface area contributed by atoms with Crippen LogP contribution in [0.4, 0.5) is 4.39 Å². The van der Waals surface area contributed by atoms with E-state index in [2.05, 4.69) is 4.90 Å². The molecular formula is C13H18ClFN2O. The zero-order valence-electron chi connectivity index (χ0n) is 10.2. The van der Waals surface area contributed by atoms with E-state index in [0.717, 1.165) is 13.1 Å². The van der Waals surface area contributed by atoms with Gasteiger partial charge in [0.05, 0.1) is 13.2 Å². The maximum Gasteiger partial charge on any atom is 0.127 e. The van der Waals surface area contributed by atoms with E-state index >= 15 is 0 Å². The van der Waals surface area contributed by atoms with Gasteiger partial charge in [-0.2, -0.15) is 0 Å². The maximum absolute atomic E-state index is 13.7. The second-order valence-corrected chi connectivity index (χ2v) is 4.85. The lowest BCUT2D eigenvalue weighted by molar-refractivity contribution is 0.0183. The average Bonchev–Trinajstić information content (AvgIpc) is 2.40. The van der Waals surface area contributed by atoms with Gasteiger partial charge in [0.2, 0.25) is 0 Å². The molecule has 1 aromatic carbocycles. The zero-order valence-corrected chi connectivity index (χ0v) is 11.0. The number of hydrogen-bond donors (Lipinski definition) is 1. The Morgan fingerprint density at radius 3 is 2.72 bits per heavy atom. The predicted molar refractivity (Wildman–Crippen MR) is 70.3 cm³/mol. The number of ether oxygens (including phenoxy) is 1. The van der Waals surface area contributed by atoms with Gasteiger partial charge in [0.15, 0.2) is 0 Å². The van der Waals surface area contributed by atoms with Crippen molar-refractivity contribution in [1.82, 2.24) is 4.90 Å². The monoisotopic (exact) mass is 272 g/mol. The minimum Gasteiger partial charge on any atom is -0.379 e. The van der Waals surface area contributed by atoms with Gasteiger partial charge in [-0.05, 0) is 18.6 Å². The van der Waals surface area contributed by atoms with Crippen LogP contribution in [0.25, 0.3) is 0 Å². The Balaban J connectivity index is 2.09. The molecule has 18 heavy (non-hydrogen) atoms. The number of rotatable bonds is 4. The summed E-state index contributed by atoms with van der Waals surface area (Å²) in [5.74, 6) is -0.255. The van der Waals surface area contributed by atoms with Crippen LogP contribution in [0.1, 0.15) is 5.56 Å². The molecule has 1 fully saturated rings. The van der Waals surface area contributed by atoms with E-state index < -0.39 is 0 Å². The zero-order chi connectivity index (χ0) is 13.0. The molecule has 5 heteroatoms. The van der Waals surface area contributed by atoms with Crippen molar-refractivity contribution in [1.29, 1.82) is 0 Å². The topological polar surface area (TPSA) is 38.5 Å². The van der Waals surface area contributed by atoms with Crippen molar-refractivity contribution in [3.8, 4) is 0 Å². The van der Waals surface area contributed by atoms with Gasteiger partial charge in [-0.15, -0.1) is 0 Å². The molecule has 0 aromatic heterocycles. The van der Waals surface area contributed by atoms with Gasteiger partial charge < -0.3 is 10.5 Å². The lowest BCUT2D eigenvalue weighted by Gasteiger charge is -2.34. The number of nitrogens with zero attached hydrogens (tertiary/aromatic N) is 1. The van der Waals surface area contributed by atoms with Crippen LogP contribution >= 0.6 is 11.6 Å². The van der Waals surface area contributed by atoms with E-state index in [1.807, 2.05) is 0 Å². The van der Waals surface area contributed by atoms with Gasteiger partial charge in [-0.1, -0.05) is 17.7 Å². The minimum absolute atomic E-state index is 0.114. The van der Waals surface area contributed by atoms with Crippen molar-refractivity contribution in [2.24, 2.45) is 5.73 Å². The second-order valence-electron chi connectivity index (χ2n) is 4.44. The fourth-order valence-electron chi connectivity index (χ4n) is 2.27. The van der Waals surface area contributed by atoms with Crippen molar-refractivity contribution in [3.05, 3.63) is 34.6 Å². The van der Waals surface area contributed by atoms with E-state index in [4.69, 9.17) is 22.1 Å². The third-order valence-electron chi connectivity index (χ3n) is 3.34. The molecule has 1 aliphatic heterocycles. The van der Waals surface area contributed by atoms with E-state index in [1.54, 1.807) is 12.1 Å². The summed E-state index contributed by atoms with van der Waals surface area (Å²) in [6, 6.07) is 4.89. The van der Waals surface area contributed by atoms with Crippen LogP contribution in [0.15, 0.2) is 18.2 Å². The highest BCUT2D eigenvalue weighted by molar-refractivity contribution is 6.31. The molecular weight excluding hydrogens is 255 g/mol. The van der Waals surface area contributed by atoms with Gasteiger partial charge in [-0.25, -0.2) is 4.39 Å². The predicted octanol–water partition coefficient (Wildman–Crippen LogP) is 1.68.